The normalized spacial score (nSPS) is 12.0. The van der Waals surface area contributed by atoms with Crippen molar-refractivity contribution >= 4 is 37.2 Å². The number of nitrogens with zero attached hydrogens (tertiary/aromatic N) is 1. The number of hydrogen-bond donors (Lipinski definition) is 0. The molecule has 1 aromatic heterocycles. The minimum absolute atomic E-state index is 0.289. The highest BCUT2D eigenvalue weighted by molar-refractivity contribution is 7.10. The molecule has 0 aliphatic rings. The predicted molar refractivity (Wildman–Crippen MR) is 131 cm³/mol. The fraction of sp³-hybridized carbons (Fsp3) is 0.565. The first-order valence-corrected chi connectivity index (χ1v) is 14.1. The molecule has 2 rings (SSSR count). The lowest BCUT2D eigenvalue weighted by Crippen LogP contribution is -2.50. The van der Waals surface area contributed by atoms with Gasteiger partial charge in [0.15, 0.2) is 0 Å². The van der Waals surface area contributed by atoms with Crippen molar-refractivity contribution in [1.29, 1.82) is 0 Å². The smallest absolute Gasteiger partial charge is 0.302 e. The summed E-state index contributed by atoms with van der Waals surface area (Å²) >= 11 is 8.13. The molecular formula is C23H34ClNO4SSi. The van der Waals surface area contributed by atoms with Crippen molar-refractivity contribution in [3.05, 3.63) is 27.5 Å². The predicted octanol–water partition coefficient (Wildman–Crippen LogP) is 7.13. The average Bonchev–Trinajstić information content (AvgIpc) is 3.13. The number of aromatic nitrogens is 1. The third-order valence-corrected chi connectivity index (χ3v) is 12.9. The monoisotopic (exact) mass is 483 g/mol. The molecule has 0 unspecified atom stereocenters. The van der Waals surface area contributed by atoms with Crippen LogP contribution in [0.3, 0.4) is 0 Å². The van der Waals surface area contributed by atoms with Crippen molar-refractivity contribution in [1.82, 2.24) is 4.98 Å². The Hall–Kier alpha value is -1.57. The highest BCUT2D eigenvalue weighted by Gasteiger charge is 2.47. The maximum absolute atomic E-state index is 11.0. The molecule has 5 nitrogen and oxygen atoms in total. The van der Waals surface area contributed by atoms with Gasteiger partial charge < -0.3 is 13.9 Å². The second kappa shape index (κ2) is 10.8. The number of esters is 1. The van der Waals surface area contributed by atoms with Gasteiger partial charge in [-0.05, 0) is 22.7 Å². The summed E-state index contributed by atoms with van der Waals surface area (Å²) in [6.07, 6.45) is 0.570. The van der Waals surface area contributed by atoms with Gasteiger partial charge in [-0.25, -0.2) is 4.98 Å². The number of halogens is 1. The van der Waals surface area contributed by atoms with Crippen LogP contribution in [0.4, 0.5) is 0 Å². The van der Waals surface area contributed by atoms with Crippen molar-refractivity contribution in [2.45, 2.75) is 71.5 Å². The molecule has 0 saturated heterocycles. The molecule has 31 heavy (non-hydrogen) atoms. The molecule has 0 aliphatic carbocycles. The third kappa shape index (κ3) is 5.82. The molecule has 0 saturated carbocycles. The molecule has 0 spiro atoms. The topological polar surface area (TPSA) is 57.7 Å². The summed E-state index contributed by atoms with van der Waals surface area (Å²) < 4.78 is 17.5. The number of carbonyl (C=O) groups is 1. The molecule has 0 fully saturated rings. The summed E-state index contributed by atoms with van der Waals surface area (Å²) in [5.41, 5.74) is 2.93. The van der Waals surface area contributed by atoms with Gasteiger partial charge in [0.1, 0.15) is 11.5 Å². The first-order valence-electron chi connectivity index (χ1n) is 10.7. The summed E-state index contributed by atoms with van der Waals surface area (Å²) in [6, 6.07) is 3.84. The van der Waals surface area contributed by atoms with Gasteiger partial charge in [-0.2, -0.15) is 0 Å². The second-order valence-electron chi connectivity index (χ2n) is 8.62. The molecule has 8 heteroatoms. The Morgan fingerprint density at radius 2 is 1.74 bits per heavy atom. The minimum atomic E-state index is -2.13. The number of ether oxygens (including phenoxy) is 2. The number of rotatable bonds is 10. The molecule has 0 atom stereocenters. The number of methoxy groups -OCH3 is 1. The summed E-state index contributed by atoms with van der Waals surface area (Å²) in [7, 11) is -0.526. The summed E-state index contributed by atoms with van der Waals surface area (Å²) in [6.45, 7) is 15.3. The van der Waals surface area contributed by atoms with Crippen molar-refractivity contribution in [3.8, 4) is 22.8 Å². The van der Waals surface area contributed by atoms with Crippen molar-refractivity contribution in [2.24, 2.45) is 0 Å². The molecule has 0 radical (unpaired) electrons. The molecule has 172 valence electrons. The van der Waals surface area contributed by atoms with Crippen LogP contribution in [0.1, 0.15) is 53.5 Å². The van der Waals surface area contributed by atoms with Gasteiger partial charge in [0.2, 0.25) is 0 Å². The first kappa shape index (κ1) is 25.7. The maximum Gasteiger partial charge on any atom is 0.302 e. The first-order chi connectivity index (χ1) is 14.5. The summed E-state index contributed by atoms with van der Waals surface area (Å²) in [5, 5.41) is 3.36. The summed E-state index contributed by atoms with van der Waals surface area (Å²) in [4.78, 5) is 15.7. The van der Waals surface area contributed by atoms with E-state index in [2.05, 4.69) is 41.5 Å². The zero-order chi connectivity index (χ0) is 23.3. The van der Waals surface area contributed by atoms with E-state index in [0.717, 1.165) is 22.0 Å². The van der Waals surface area contributed by atoms with E-state index in [1.54, 1.807) is 7.11 Å². The zero-order valence-electron chi connectivity index (χ0n) is 19.7. The van der Waals surface area contributed by atoms with Gasteiger partial charge in [0.25, 0.3) is 8.32 Å². The molecule has 0 amide bonds. The van der Waals surface area contributed by atoms with Gasteiger partial charge >= 0.3 is 5.97 Å². The van der Waals surface area contributed by atoms with Crippen LogP contribution in [-0.4, -0.2) is 33.0 Å². The highest BCUT2D eigenvalue weighted by Crippen LogP contribution is 2.46. The van der Waals surface area contributed by atoms with Crippen LogP contribution in [0.2, 0.25) is 21.6 Å². The van der Waals surface area contributed by atoms with Crippen LogP contribution in [0, 0.1) is 0 Å². The molecule has 0 bridgehead atoms. The van der Waals surface area contributed by atoms with Crippen molar-refractivity contribution < 1.29 is 18.7 Å². The standard InChI is InChI=1S/C23H34ClNO4SSi/c1-14(2)31(15(3)4,16(5)6)29-18-11-19(23(27-8)20(24)12-18)21-13-30-22(25-21)9-10-28-17(7)26/h11-16H,9-10H2,1-8H3. The maximum atomic E-state index is 11.0. The van der Waals surface area contributed by atoms with Crippen LogP contribution in [0.15, 0.2) is 17.5 Å². The van der Waals surface area contributed by atoms with E-state index in [9.17, 15) is 4.79 Å². The molecular weight excluding hydrogens is 450 g/mol. The van der Waals surface area contributed by atoms with Crippen molar-refractivity contribution in [2.75, 3.05) is 13.7 Å². The lowest BCUT2D eigenvalue weighted by Gasteiger charge is -2.42. The lowest BCUT2D eigenvalue weighted by atomic mass is 10.1. The SMILES string of the molecule is COc1c(Cl)cc(O[Si](C(C)C)(C(C)C)C(C)C)cc1-c1csc(CCOC(C)=O)n1. The molecule has 0 N–H and O–H groups in total. The van der Waals surface area contributed by atoms with E-state index in [1.807, 2.05) is 17.5 Å². The van der Waals surface area contributed by atoms with E-state index in [4.69, 9.17) is 30.5 Å². The van der Waals surface area contributed by atoms with Gasteiger partial charge in [-0.1, -0.05) is 53.1 Å². The van der Waals surface area contributed by atoms with Gasteiger partial charge in [-0.15, -0.1) is 11.3 Å². The number of thiazole rings is 1. The fourth-order valence-corrected chi connectivity index (χ4v) is 10.7. The van der Waals surface area contributed by atoms with Crippen LogP contribution in [0.25, 0.3) is 11.3 Å². The quantitative estimate of drug-likeness (QED) is 0.265. The largest absolute Gasteiger partial charge is 0.543 e. The van der Waals surface area contributed by atoms with Crippen LogP contribution < -0.4 is 9.16 Å². The molecule has 2 aromatic rings. The van der Waals surface area contributed by atoms with Gasteiger partial charge in [0, 0.05) is 30.4 Å². The lowest BCUT2D eigenvalue weighted by molar-refractivity contribution is -0.140. The Morgan fingerprint density at radius 1 is 1.13 bits per heavy atom. The van der Waals surface area contributed by atoms with E-state index in [1.165, 1.54) is 18.3 Å². The summed E-state index contributed by atoms with van der Waals surface area (Å²) in [5.74, 6) is 1.05. The van der Waals surface area contributed by atoms with Gasteiger partial charge in [-0.3, -0.25) is 4.79 Å². The minimum Gasteiger partial charge on any atom is -0.543 e. The van der Waals surface area contributed by atoms with Gasteiger partial charge in [0.05, 0.1) is 29.4 Å². The Labute approximate surface area is 196 Å². The Kier molecular flexibility index (Phi) is 8.98. The fourth-order valence-electron chi connectivity index (χ4n) is 4.41. The van der Waals surface area contributed by atoms with Crippen LogP contribution in [0.5, 0.6) is 11.5 Å². The highest BCUT2D eigenvalue weighted by atomic mass is 35.5. The van der Waals surface area contributed by atoms with Crippen molar-refractivity contribution in [3.63, 3.8) is 0 Å². The third-order valence-electron chi connectivity index (χ3n) is 5.67. The molecule has 0 aliphatic heterocycles. The van der Waals surface area contributed by atoms with E-state index >= 15 is 0 Å². The molecule has 1 heterocycles. The second-order valence-corrected chi connectivity index (χ2v) is 15.3. The Balaban J connectivity index is 2.44. The Bertz CT molecular complexity index is 876. The number of benzene rings is 1. The zero-order valence-corrected chi connectivity index (χ0v) is 22.3. The average molecular weight is 484 g/mol. The van der Waals surface area contributed by atoms with E-state index in [0.29, 0.717) is 40.4 Å². The van der Waals surface area contributed by atoms with E-state index in [-0.39, 0.29) is 5.97 Å². The molecule has 1 aromatic carbocycles. The van der Waals surface area contributed by atoms with Crippen LogP contribution in [-0.2, 0) is 16.0 Å². The Morgan fingerprint density at radius 3 is 2.26 bits per heavy atom. The number of hydrogen-bond acceptors (Lipinski definition) is 6. The van der Waals surface area contributed by atoms with E-state index < -0.39 is 8.32 Å². The number of carbonyl (C=O) groups excluding carboxylic acids is 1. The van der Waals surface area contributed by atoms with Crippen LogP contribution >= 0.6 is 22.9 Å².